The van der Waals surface area contributed by atoms with E-state index in [1.165, 1.54) is 13.2 Å². The summed E-state index contributed by atoms with van der Waals surface area (Å²) in [5, 5.41) is 17.7. The number of carbonyl (C=O) groups excluding carboxylic acids is 1. The number of hydrogen-bond acceptors (Lipinski definition) is 5. The van der Waals surface area contributed by atoms with Gasteiger partial charge in [-0.25, -0.2) is 0 Å². The third-order valence-electron chi connectivity index (χ3n) is 1.97. The maximum absolute atomic E-state index is 10.5. The van der Waals surface area contributed by atoms with Crippen LogP contribution in [-0.2, 0) is 0 Å². The lowest BCUT2D eigenvalue weighted by atomic mass is 10.2. The summed E-state index contributed by atoms with van der Waals surface area (Å²) in [5.41, 5.74) is 0.479. The Bertz CT molecular complexity index is 350. The van der Waals surface area contributed by atoms with Crippen molar-refractivity contribution in [1.29, 1.82) is 0 Å². The summed E-state index contributed by atoms with van der Waals surface area (Å²) < 4.78 is 10.3. The minimum Gasteiger partial charge on any atom is -0.493 e. The summed E-state index contributed by atoms with van der Waals surface area (Å²) in [7, 11) is 1.46. The topological polar surface area (TPSA) is 76.0 Å². The van der Waals surface area contributed by atoms with Gasteiger partial charge in [-0.2, -0.15) is 0 Å². The fourth-order valence-corrected chi connectivity index (χ4v) is 1.12. The van der Waals surface area contributed by atoms with Crippen LogP contribution in [0.1, 0.15) is 10.4 Å². The quantitative estimate of drug-likeness (QED) is 0.679. The molecule has 0 radical (unpaired) electrons. The van der Waals surface area contributed by atoms with Crippen LogP contribution >= 0.6 is 0 Å². The highest BCUT2D eigenvalue weighted by Crippen LogP contribution is 2.27. The molecule has 5 heteroatoms. The van der Waals surface area contributed by atoms with E-state index in [2.05, 4.69) is 0 Å². The normalized spacial score (nSPS) is 11.9. The van der Waals surface area contributed by atoms with Crippen LogP contribution < -0.4 is 9.47 Å². The molecule has 0 heterocycles. The zero-order valence-corrected chi connectivity index (χ0v) is 8.92. The van der Waals surface area contributed by atoms with Crippen LogP contribution in [0.5, 0.6) is 11.5 Å². The van der Waals surface area contributed by atoms with Crippen molar-refractivity contribution in [2.24, 2.45) is 0 Å². The molecule has 16 heavy (non-hydrogen) atoms. The Morgan fingerprint density at radius 2 is 2.19 bits per heavy atom. The molecule has 88 valence electrons. The van der Waals surface area contributed by atoms with Gasteiger partial charge in [-0.15, -0.1) is 0 Å². The first-order valence-electron chi connectivity index (χ1n) is 4.76. The van der Waals surface area contributed by atoms with Crippen LogP contribution in [0.2, 0.25) is 0 Å². The lowest BCUT2D eigenvalue weighted by Gasteiger charge is -2.13. The number of aliphatic hydroxyl groups excluding tert-OH is 2. The van der Waals surface area contributed by atoms with Crippen molar-refractivity contribution in [1.82, 2.24) is 0 Å². The average molecular weight is 226 g/mol. The zero-order chi connectivity index (χ0) is 12.0. The first kappa shape index (κ1) is 12.5. The maximum Gasteiger partial charge on any atom is 0.161 e. The number of hydrogen-bond donors (Lipinski definition) is 2. The van der Waals surface area contributed by atoms with Gasteiger partial charge in [-0.1, -0.05) is 0 Å². The molecule has 1 aromatic rings. The van der Waals surface area contributed by atoms with Gasteiger partial charge in [0.1, 0.15) is 19.0 Å². The molecule has 0 aliphatic heterocycles. The van der Waals surface area contributed by atoms with Crippen molar-refractivity contribution >= 4 is 6.29 Å². The molecule has 5 nitrogen and oxygen atoms in total. The zero-order valence-electron chi connectivity index (χ0n) is 8.92. The summed E-state index contributed by atoms with van der Waals surface area (Å²) in [6, 6.07) is 4.69. The highest BCUT2D eigenvalue weighted by atomic mass is 16.5. The van der Waals surface area contributed by atoms with Crippen LogP contribution in [0.4, 0.5) is 0 Å². The summed E-state index contributed by atoms with van der Waals surface area (Å²) in [6.07, 6.45) is -0.232. The fourth-order valence-electron chi connectivity index (χ4n) is 1.12. The standard InChI is InChI=1S/C11H14O5/c1-15-11-4-8(5-12)2-3-10(11)16-7-9(14)6-13/h2-5,9,13-14H,6-7H2,1H3. The molecule has 1 rings (SSSR count). The van der Waals surface area contributed by atoms with Crippen LogP contribution in [0.15, 0.2) is 18.2 Å². The minimum atomic E-state index is -0.935. The molecule has 1 aromatic carbocycles. The number of aldehydes is 1. The molecule has 2 N–H and O–H groups in total. The van der Waals surface area contributed by atoms with Crippen LogP contribution in [-0.4, -0.2) is 42.9 Å². The van der Waals surface area contributed by atoms with E-state index in [-0.39, 0.29) is 13.2 Å². The molecule has 0 saturated heterocycles. The van der Waals surface area contributed by atoms with E-state index >= 15 is 0 Å². The van der Waals surface area contributed by atoms with Crippen LogP contribution in [0.3, 0.4) is 0 Å². The van der Waals surface area contributed by atoms with Gasteiger partial charge in [0.15, 0.2) is 11.5 Å². The molecule has 0 spiro atoms. The van der Waals surface area contributed by atoms with Crippen molar-refractivity contribution in [3.63, 3.8) is 0 Å². The van der Waals surface area contributed by atoms with Crippen LogP contribution in [0.25, 0.3) is 0 Å². The fraction of sp³-hybridized carbons (Fsp3) is 0.364. The van der Waals surface area contributed by atoms with E-state index in [0.717, 1.165) is 0 Å². The first-order valence-corrected chi connectivity index (χ1v) is 4.76. The second-order valence-electron chi connectivity index (χ2n) is 3.18. The molecule has 0 fully saturated rings. The van der Waals surface area contributed by atoms with Gasteiger partial charge in [0.2, 0.25) is 0 Å². The highest BCUT2D eigenvalue weighted by molar-refractivity contribution is 5.76. The van der Waals surface area contributed by atoms with Gasteiger partial charge in [0.05, 0.1) is 13.7 Å². The molecule has 0 aromatic heterocycles. The third kappa shape index (κ3) is 3.22. The molecule has 0 aliphatic rings. The first-order chi connectivity index (χ1) is 7.71. The van der Waals surface area contributed by atoms with E-state index in [0.29, 0.717) is 23.3 Å². The van der Waals surface area contributed by atoms with Crippen molar-refractivity contribution in [2.45, 2.75) is 6.10 Å². The minimum absolute atomic E-state index is 0.0344. The Morgan fingerprint density at radius 1 is 1.44 bits per heavy atom. The second kappa shape index (κ2) is 6.09. The number of carbonyl (C=O) groups is 1. The molecular weight excluding hydrogens is 212 g/mol. The number of ether oxygens (including phenoxy) is 2. The number of rotatable bonds is 6. The van der Waals surface area contributed by atoms with Crippen molar-refractivity contribution < 1.29 is 24.5 Å². The van der Waals surface area contributed by atoms with E-state index < -0.39 is 6.10 Å². The third-order valence-corrected chi connectivity index (χ3v) is 1.97. The molecule has 0 saturated carbocycles. The van der Waals surface area contributed by atoms with E-state index in [1.54, 1.807) is 12.1 Å². The number of benzene rings is 1. The monoisotopic (exact) mass is 226 g/mol. The Morgan fingerprint density at radius 3 is 2.75 bits per heavy atom. The Labute approximate surface area is 93.2 Å². The van der Waals surface area contributed by atoms with Gasteiger partial charge >= 0.3 is 0 Å². The summed E-state index contributed by atoms with van der Waals surface area (Å²) in [6.45, 7) is -0.401. The van der Waals surface area contributed by atoms with Crippen molar-refractivity contribution in [2.75, 3.05) is 20.3 Å². The molecule has 0 aliphatic carbocycles. The van der Waals surface area contributed by atoms with Crippen molar-refractivity contribution in [3.05, 3.63) is 23.8 Å². The molecule has 0 amide bonds. The highest BCUT2D eigenvalue weighted by Gasteiger charge is 2.08. The van der Waals surface area contributed by atoms with Crippen molar-refractivity contribution in [3.8, 4) is 11.5 Å². The maximum atomic E-state index is 10.5. The van der Waals surface area contributed by atoms with E-state index in [4.69, 9.17) is 19.7 Å². The van der Waals surface area contributed by atoms with Gasteiger partial charge < -0.3 is 19.7 Å². The SMILES string of the molecule is COc1cc(C=O)ccc1OCC(O)CO. The summed E-state index contributed by atoms with van der Waals surface area (Å²) >= 11 is 0. The molecule has 0 bridgehead atoms. The predicted molar refractivity (Wildman–Crippen MR) is 57.0 cm³/mol. The Kier molecular flexibility index (Phi) is 4.75. The lowest BCUT2D eigenvalue weighted by molar-refractivity contribution is 0.0527. The van der Waals surface area contributed by atoms with Gasteiger partial charge in [0.25, 0.3) is 0 Å². The number of methoxy groups -OCH3 is 1. The van der Waals surface area contributed by atoms with Gasteiger partial charge in [0, 0.05) is 5.56 Å². The van der Waals surface area contributed by atoms with E-state index in [1.807, 2.05) is 0 Å². The lowest BCUT2D eigenvalue weighted by Crippen LogP contribution is -2.21. The molecule has 1 unspecified atom stereocenters. The summed E-state index contributed by atoms with van der Waals surface area (Å²) in [4.78, 5) is 10.5. The largest absolute Gasteiger partial charge is 0.493 e. The number of aliphatic hydroxyl groups is 2. The average Bonchev–Trinajstić information content (AvgIpc) is 2.35. The van der Waals surface area contributed by atoms with Gasteiger partial charge in [-0.3, -0.25) is 4.79 Å². The smallest absolute Gasteiger partial charge is 0.161 e. The molecule has 1 atom stereocenters. The van der Waals surface area contributed by atoms with E-state index in [9.17, 15) is 4.79 Å². The van der Waals surface area contributed by atoms with Crippen LogP contribution in [0, 0.1) is 0 Å². The predicted octanol–water partition coefficient (Wildman–Crippen LogP) is 0.240. The molecular formula is C11H14O5. The van der Waals surface area contributed by atoms with Gasteiger partial charge in [-0.05, 0) is 18.2 Å². The summed E-state index contributed by atoms with van der Waals surface area (Å²) in [5.74, 6) is 0.829. The Balaban J connectivity index is 2.75. The second-order valence-corrected chi connectivity index (χ2v) is 3.18. The Hall–Kier alpha value is -1.59.